The molecule has 0 aromatic heterocycles. The summed E-state index contributed by atoms with van der Waals surface area (Å²) >= 11 is 0. The highest BCUT2D eigenvalue weighted by Crippen LogP contribution is 2.24. The normalized spacial score (nSPS) is 25.0. The van der Waals surface area contributed by atoms with Gasteiger partial charge in [0.15, 0.2) is 0 Å². The van der Waals surface area contributed by atoms with Crippen LogP contribution in [0.4, 0.5) is 13.2 Å². The molecule has 1 unspecified atom stereocenters. The van der Waals surface area contributed by atoms with Crippen molar-refractivity contribution in [3.05, 3.63) is 0 Å². The molecular formula is C12H20F3N3O2. The molecular weight excluding hydrogens is 275 g/mol. The van der Waals surface area contributed by atoms with Crippen molar-refractivity contribution in [2.75, 3.05) is 6.54 Å². The first-order valence-corrected chi connectivity index (χ1v) is 6.59. The van der Waals surface area contributed by atoms with E-state index < -0.39 is 24.7 Å². The van der Waals surface area contributed by atoms with Crippen LogP contribution in [0.1, 0.15) is 32.6 Å². The Kier molecular flexibility index (Phi) is 5.79. The number of alkyl halides is 3. The molecule has 4 N–H and O–H groups in total. The van der Waals surface area contributed by atoms with Gasteiger partial charge in [-0.3, -0.25) is 9.59 Å². The first-order valence-electron chi connectivity index (χ1n) is 6.59. The van der Waals surface area contributed by atoms with Crippen molar-refractivity contribution < 1.29 is 22.8 Å². The Labute approximate surface area is 115 Å². The van der Waals surface area contributed by atoms with Crippen LogP contribution in [-0.4, -0.2) is 36.6 Å². The van der Waals surface area contributed by atoms with Crippen LogP contribution >= 0.6 is 0 Å². The topological polar surface area (TPSA) is 84.2 Å². The summed E-state index contributed by atoms with van der Waals surface area (Å²) in [6.07, 6.45) is -1.75. The maximum absolute atomic E-state index is 12.0. The molecule has 0 aromatic rings. The highest BCUT2D eigenvalue weighted by molar-refractivity contribution is 5.81. The van der Waals surface area contributed by atoms with E-state index >= 15 is 0 Å². The first-order chi connectivity index (χ1) is 9.19. The molecule has 0 aromatic carbocycles. The summed E-state index contributed by atoms with van der Waals surface area (Å²) in [5.74, 6) is -1.14. The van der Waals surface area contributed by atoms with Crippen LogP contribution in [0.3, 0.4) is 0 Å². The van der Waals surface area contributed by atoms with Crippen LogP contribution in [0, 0.1) is 5.92 Å². The van der Waals surface area contributed by atoms with E-state index in [0.717, 1.165) is 0 Å². The molecule has 0 aliphatic heterocycles. The standard InChI is InChI=1S/C12H20F3N3O2/c1-7(11(20)17-6-12(13,14)15)18-9-4-2-8(3-5-9)10(16)19/h7-9,18H,2-6H2,1H3,(H2,16,19)(H,17,20). The molecule has 1 fully saturated rings. The highest BCUT2D eigenvalue weighted by atomic mass is 19.4. The molecule has 0 saturated heterocycles. The van der Waals surface area contributed by atoms with Crippen LogP contribution in [0.5, 0.6) is 0 Å². The lowest BCUT2D eigenvalue weighted by Gasteiger charge is -2.29. The summed E-state index contributed by atoms with van der Waals surface area (Å²) in [6.45, 7) is 0.193. The van der Waals surface area contributed by atoms with Crippen LogP contribution < -0.4 is 16.4 Å². The van der Waals surface area contributed by atoms with Crippen molar-refractivity contribution in [3.63, 3.8) is 0 Å². The van der Waals surface area contributed by atoms with E-state index in [1.807, 2.05) is 5.32 Å². The number of hydrogen-bond donors (Lipinski definition) is 3. The van der Waals surface area contributed by atoms with E-state index in [4.69, 9.17) is 5.73 Å². The van der Waals surface area contributed by atoms with Crippen molar-refractivity contribution in [1.82, 2.24) is 10.6 Å². The molecule has 1 aliphatic rings. The van der Waals surface area contributed by atoms with E-state index in [0.29, 0.717) is 25.7 Å². The zero-order chi connectivity index (χ0) is 15.3. The minimum Gasteiger partial charge on any atom is -0.369 e. The average Bonchev–Trinajstić information content (AvgIpc) is 2.35. The van der Waals surface area contributed by atoms with Gasteiger partial charge in [-0.15, -0.1) is 0 Å². The molecule has 0 radical (unpaired) electrons. The molecule has 0 bridgehead atoms. The molecule has 0 spiro atoms. The maximum atomic E-state index is 12.0. The van der Waals surface area contributed by atoms with E-state index in [1.165, 1.54) is 6.92 Å². The third-order valence-corrected chi connectivity index (χ3v) is 3.47. The molecule has 0 heterocycles. The number of carbonyl (C=O) groups is 2. The largest absolute Gasteiger partial charge is 0.405 e. The Bertz CT molecular complexity index is 352. The molecule has 8 heteroatoms. The van der Waals surface area contributed by atoms with E-state index in [-0.39, 0.29) is 17.9 Å². The van der Waals surface area contributed by atoms with Gasteiger partial charge in [-0.1, -0.05) is 0 Å². The van der Waals surface area contributed by atoms with Crippen molar-refractivity contribution in [2.45, 2.75) is 50.9 Å². The molecule has 1 atom stereocenters. The van der Waals surface area contributed by atoms with E-state index in [2.05, 4.69) is 5.32 Å². The number of nitrogens with one attached hydrogen (secondary N) is 2. The first kappa shape index (κ1) is 16.7. The zero-order valence-electron chi connectivity index (χ0n) is 11.3. The lowest BCUT2D eigenvalue weighted by atomic mass is 9.85. The van der Waals surface area contributed by atoms with Gasteiger partial charge >= 0.3 is 6.18 Å². The number of halogens is 3. The van der Waals surface area contributed by atoms with E-state index in [9.17, 15) is 22.8 Å². The summed E-state index contributed by atoms with van der Waals surface area (Å²) in [4.78, 5) is 22.5. The molecule has 2 amide bonds. The fourth-order valence-corrected chi connectivity index (χ4v) is 2.31. The van der Waals surface area contributed by atoms with Gasteiger partial charge in [-0.05, 0) is 32.6 Å². The van der Waals surface area contributed by atoms with Gasteiger partial charge < -0.3 is 16.4 Å². The smallest absolute Gasteiger partial charge is 0.369 e. The third-order valence-electron chi connectivity index (χ3n) is 3.47. The second-order valence-corrected chi connectivity index (χ2v) is 5.17. The maximum Gasteiger partial charge on any atom is 0.405 e. The van der Waals surface area contributed by atoms with Gasteiger partial charge in [0.05, 0.1) is 6.04 Å². The lowest BCUT2D eigenvalue weighted by molar-refractivity contribution is -0.139. The Morgan fingerprint density at radius 3 is 2.25 bits per heavy atom. The van der Waals surface area contributed by atoms with Gasteiger partial charge in [0.1, 0.15) is 6.54 Å². The second-order valence-electron chi connectivity index (χ2n) is 5.17. The molecule has 1 saturated carbocycles. The number of carbonyl (C=O) groups excluding carboxylic acids is 2. The van der Waals surface area contributed by atoms with E-state index in [1.54, 1.807) is 0 Å². The van der Waals surface area contributed by atoms with Gasteiger partial charge in [0.2, 0.25) is 11.8 Å². The summed E-state index contributed by atoms with van der Waals surface area (Å²) < 4.78 is 35.9. The lowest BCUT2D eigenvalue weighted by Crippen LogP contribution is -2.49. The molecule has 20 heavy (non-hydrogen) atoms. The summed E-state index contributed by atoms with van der Waals surface area (Å²) in [7, 11) is 0. The second kappa shape index (κ2) is 6.92. The highest BCUT2D eigenvalue weighted by Gasteiger charge is 2.30. The Balaban J connectivity index is 2.31. The molecule has 1 aliphatic carbocycles. The fourth-order valence-electron chi connectivity index (χ4n) is 2.31. The van der Waals surface area contributed by atoms with Gasteiger partial charge in [0.25, 0.3) is 0 Å². The van der Waals surface area contributed by atoms with Crippen molar-refractivity contribution in [2.24, 2.45) is 11.7 Å². The average molecular weight is 295 g/mol. The number of primary amides is 1. The Morgan fingerprint density at radius 2 is 1.80 bits per heavy atom. The van der Waals surface area contributed by atoms with Crippen molar-refractivity contribution in [1.29, 1.82) is 0 Å². The predicted molar refractivity (Wildman–Crippen MR) is 66.6 cm³/mol. The van der Waals surface area contributed by atoms with Crippen LogP contribution in [0.2, 0.25) is 0 Å². The molecule has 5 nitrogen and oxygen atoms in total. The van der Waals surface area contributed by atoms with Crippen molar-refractivity contribution >= 4 is 11.8 Å². The van der Waals surface area contributed by atoms with Crippen LogP contribution in [-0.2, 0) is 9.59 Å². The van der Waals surface area contributed by atoms with Crippen LogP contribution in [0.15, 0.2) is 0 Å². The quantitative estimate of drug-likeness (QED) is 0.697. The van der Waals surface area contributed by atoms with Crippen LogP contribution in [0.25, 0.3) is 0 Å². The van der Waals surface area contributed by atoms with Crippen molar-refractivity contribution in [3.8, 4) is 0 Å². The molecule has 1 rings (SSSR count). The predicted octanol–water partition coefficient (Wildman–Crippen LogP) is 0.687. The minimum absolute atomic E-state index is 0.0252. The fraction of sp³-hybridized carbons (Fsp3) is 0.833. The number of amides is 2. The minimum atomic E-state index is -4.41. The van der Waals surface area contributed by atoms with Gasteiger partial charge in [-0.25, -0.2) is 0 Å². The Morgan fingerprint density at radius 1 is 1.25 bits per heavy atom. The SMILES string of the molecule is CC(NC1CCC(C(N)=O)CC1)C(=O)NCC(F)(F)F. The number of hydrogen-bond acceptors (Lipinski definition) is 3. The van der Waals surface area contributed by atoms with Gasteiger partial charge in [-0.2, -0.15) is 13.2 Å². The summed E-state index contributed by atoms with van der Waals surface area (Å²) in [5.41, 5.74) is 5.21. The zero-order valence-corrected chi connectivity index (χ0v) is 11.3. The Hall–Kier alpha value is -1.31. The number of rotatable bonds is 5. The monoisotopic (exact) mass is 295 g/mol. The van der Waals surface area contributed by atoms with Gasteiger partial charge in [0, 0.05) is 12.0 Å². The summed E-state index contributed by atoms with van der Waals surface area (Å²) in [5, 5.41) is 4.82. The third kappa shape index (κ3) is 5.77. The molecule has 116 valence electrons. The summed E-state index contributed by atoms with van der Waals surface area (Å²) in [6, 6.07) is -0.676. The number of nitrogens with two attached hydrogens (primary N) is 1.